The van der Waals surface area contributed by atoms with Gasteiger partial charge in [0.25, 0.3) is 0 Å². The first-order valence-corrected chi connectivity index (χ1v) is 6.29. The molecule has 0 aliphatic heterocycles. The highest BCUT2D eigenvalue weighted by Crippen LogP contribution is 2.02. The molecule has 0 amide bonds. The van der Waals surface area contributed by atoms with Gasteiger partial charge in [-0.2, -0.15) is 0 Å². The lowest BCUT2D eigenvalue weighted by atomic mass is 10.2. The van der Waals surface area contributed by atoms with Gasteiger partial charge in [-0.1, -0.05) is 44.1 Å². The number of hydrogen-bond donors (Lipinski definition) is 1. The van der Waals surface area contributed by atoms with Crippen LogP contribution in [0.5, 0.6) is 0 Å². The van der Waals surface area contributed by atoms with Crippen molar-refractivity contribution < 1.29 is 9.90 Å². The third-order valence-corrected chi connectivity index (χ3v) is 2.34. The second-order valence-electron chi connectivity index (χ2n) is 3.96. The predicted molar refractivity (Wildman–Crippen MR) is 68.5 cm³/mol. The molecule has 0 unspecified atom stereocenters. The van der Waals surface area contributed by atoms with Crippen LogP contribution in [0.25, 0.3) is 0 Å². The van der Waals surface area contributed by atoms with Gasteiger partial charge in [-0.05, 0) is 32.1 Å². The molecule has 0 spiro atoms. The Bertz CT molecular complexity index is 217. The molecule has 0 rings (SSSR count). The fraction of sp³-hybridized carbons (Fsp3) is 0.643. The number of allylic oxidation sites excluding steroid dienone is 4. The van der Waals surface area contributed by atoms with E-state index >= 15 is 0 Å². The fourth-order valence-corrected chi connectivity index (χ4v) is 1.37. The van der Waals surface area contributed by atoms with Crippen LogP contribution < -0.4 is 0 Å². The molecule has 0 heterocycles. The third kappa shape index (κ3) is 12.9. The molecule has 92 valence electrons. The van der Waals surface area contributed by atoms with E-state index in [-0.39, 0.29) is 0 Å². The van der Waals surface area contributed by atoms with Crippen LogP contribution in [-0.2, 0) is 4.79 Å². The Hall–Kier alpha value is -1.05. The van der Waals surface area contributed by atoms with Gasteiger partial charge in [-0.25, -0.2) is 0 Å². The van der Waals surface area contributed by atoms with Crippen molar-refractivity contribution in [2.45, 2.75) is 58.3 Å². The summed E-state index contributed by atoms with van der Waals surface area (Å²) in [6.45, 7) is 2.20. The lowest BCUT2D eigenvalue weighted by Crippen LogP contribution is -1.92. The molecule has 0 saturated heterocycles. The predicted octanol–water partition coefficient (Wildman–Crippen LogP) is 4.32. The molecule has 0 aromatic carbocycles. The molecule has 0 atom stereocenters. The molecule has 2 heteroatoms. The summed E-state index contributed by atoms with van der Waals surface area (Å²) in [6, 6.07) is 0. The highest BCUT2D eigenvalue weighted by Gasteiger charge is 1.93. The number of rotatable bonds is 10. The Labute approximate surface area is 99.1 Å². The maximum absolute atomic E-state index is 10.2. The van der Waals surface area contributed by atoms with E-state index in [4.69, 9.17) is 5.11 Å². The van der Waals surface area contributed by atoms with Crippen LogP contribution in [0.3, 0.4) is 0 Å². The molecule has 0 aromatic rings. The van der Waals surface area contributed by atoms with Gasteiger partial charge in [-0.15, -0.1) is 0 Å². The van der Waals surface area contributed by atoms with Gasteiger partial charge < -0.3 is 5.11 Å². The van der Waals surface area contributed by atoms with E-state index in [1.54, 1.807) is 0 Å². The summed E-state index contributed by atoms with van der Waals surface area (Å²) < 4.78 is 0. The normalized spacial score (nSPS) is 11.6. The molecular formula is C14H24O2. The van der Waals surface area contributed by atoms with Crippen LogP contribution >= 0.6 is 0 Å². The number of aliphatic carboxylic acids is 1. The zero-order chi connectivity index (χ0) is 12.1. The van der Waals surface area contributed by atoms with Gasteiger partial charge in [0.2, 0.25) is 0 Å². The number of carbonyl (C=O) groups is 1. The first-order valence-electron chi connectivity index (χ1n) is 6.29. The Balaban J connectivity index is 3.21. The van der Waals surface area contributed by atoms with Crippen molar-refractivity contribution in [1.82, 2.24) is 0 Å². The minimum Gasteiger partial charge on any atom is -0.481 e. The molecule has 0 saturated carbocycles. The Kier molecular flexibility index (Phi) is 11.2. The van der Waals surface area contributed by atoms with Crippen LogP contribution in [0.4, 0.5) is 0 Å². The lowest BCUT2D eigenvalue weighted by Gasteiger charge is -1.92. The minimum atomic E-state index is -0.692. The topological polar surface area (TPSA) is 37.3 Å². The molecule has 1 N–H and O–H groups in total. The van der Waals surface area contributed by atoms with Crippen LogP contribution in [0, 0.1) is 0 Å². The van der Waals surface area contributed by atoms with E-state index in [1.165, 1.54) is 19.3 Å². The van der Waals surface area contributed by atoms with Crippen LogP contribution in [0.2, 0.25) is 0 Å². The largest absolute Gasteiger partial charge is 0.481 e. The molecule has 0 bridgehead atoms. The fourth-order valence-electron chi connectivity index (χ4n) is 1.37. The second-order valence-corrected chi connectivity index (χ2v) is 3.96. The average molecular weight is 224 g/mol. The Morgan fingerprint density at radius 3 is 2.19 bits per heavy atom. The van der Waals surface area contributed by atoms with Gasteiger partial charge in [0.05, 0.1) is 0 Å². The highest BCUT2D eigenvalue weighted by atomic mass is 16.4. The summed E-state index contributed by atoms with van der Waals surface area (Å²) >= 11 is 0. The molecule has 0 aromatic heterocycles. The van der Waals surface area contributed by atoms with E-state index in [1.807, 2.05) is 0 Å². The quantitative estimate of drug-likeness (QED) is 0.443. The summed E-state index contributed by atoms with van der Waals surface area (Å²) in [7, 11) is 0. The molecule has 0 radical (unpaired) electrons. The summed E-state index contributed by atoms with van der Waals surface area (Å²) in [5.74, 6) is -0.692. The van der Waals surface area contributed by atoms with Crippen molar-refractivity contribution in [3.05, 3.63) is 24.3 Å². The maximum Gasteiger partial charge on any atom is 0.303 e. The Morgan fingerprint density at radius 2 is 1.62 bits per heavy atom. The molecule has 0 aliphatic rings. The van der Waals surface area contributed by atoms with Crippen molar-refractivity contribution in [1.29, 1.82) is 0 Å². The second kappa shape index (κ2) is 12.0. The van der Waals surface area contributed by atoms with Crippen LogP contribution in [0.15, 0.2) is 24.3 Å². The van der Waals surface area contributed by atoms with E-state index in [9.17, 15) is 4.79 Å². The van der Waals surface area contributed by atoms with E-state index in [2.05, 4.69) is 31.2 Å². The number of unbranched alkanes of at least 4 members (excludes halogenated alkanes) is 4. The van der Waals surface area contributed by atoms with Crippen LogP contribution in [0.1, 0.15) is 58.3 Å². The molecular weight excluding hydrogens is 200 g/mol. The first-order chi connectivity index (χ1) is 7.77. The van der Waals surface area contributed by atoms with Crippen molar-refractivity contribution in [2.75, 3.05) is 0 Å². The van der Waals surface area contributed by atoms with Crippen molar-refractivity contribution in [3.8, 4) is 0 Å². The van der Waals surface area contributed by atoms with Gasteiger partial charge >= 0.3 is 5.97 Å². The monoisotopic (exact) mass is 224 g/mol. The number of carboxylic acids is 1. The summed E-state index contributed by atoms with van der Waals surface area (Å²) in [6.07, 6.45) is 16.5. The number of carboxylic acid groups (broad SMARTS) is 1. The van der Waals surface area contributed by atoms with Crippen molar-refractivity contribution in [2.24, 2.45) is 0 Å². The zero-order valence-corrected chi connectivity index (χ0v) is 10.3. The maximum atomic E-state index is 10.2. The standard InChI is InChI=1S/C14H24O2/c1-2-3-4-5-6-7-8-9-10-11-12-13-14(15)16/h5-6,8-9H,2-4,7,10-13H2,1H3,(H,15,16). The molecule has 0 fully saturated rings. The van der Waals surface area contributed by atoms with Crippen LogP contribution in [-0.4, -0.2) is 11.1 Å². The Morgan fingerprint density at radius 1 is 1.00 bits per heavy atom. The minimum absolute atomic E-state index is 0.296. The lowest BCUT2D eigenvalue weighted by molar-refractivity contribution is -0.137. The van der Waals surface area contributed by atoms with Crippen molar-refractivity contribution >= 4 is 5.97 Å². The van der Waals surface area contributed by atoms with Gasteiger partial charge in [-0.3, -0.25) is 4.79 Å². The van der Waals surface area contributed by atoms with E-state index < -0.39 is 5.97 Å². The smallest absolute Gasteiger partial charge is 0.303 e. The summed E-state index contributed by atoms with van der Waals surface area (Å²) in [5, 5.41) is 8.43. The molecule has 0 aliphatic carbocycles. The third-order valence-electron chi connectivity index (χ3n) is 2.34. The number of hydrogen-bond acceptors (Lipinski definition) is 1. The average Bonchev–Trinajstić information content (AvgIpc) is 2.25. The zero-order valence-electron chi connectivity index (χ0n) is 10.3. The highest BCUT2D eigenvalue weighted by molar-refractivity contribution is 5.66. The van der Waals surface area contributed by atoms with Gasteiger partial charge in [0.1, 0.15) is 0 Å². The SMILES string of the molecule is CCCCC=CCC=CCCCCC(=O)O. The van der Waals surface area contributed by atoms with E-state index in [0.29, 0.717) is 6.42 Å². The van der Waals surface area contributed by atoms with Gasteiger partial charge in [0.15, 0.2) is 0 Å². The summed E-state index contributed by atoms with van der Waals surface area (Å²) in [5.41, 5.74) is 0. The molecule has 16 heavy (non-hydrogen) atoms. The van der Waals surface area contributed by atoms with E-state index in [0.717, 1.165) is 25.7 Å². The molecule has 2 nitrogen and oxygen atoms in total. The van der Waals surface area contributed by atoms with Gasteiger partial charge in [0, 0.05) is 6.42 Å². The first kappa shape index (κ1) is 14.9. The van der Waals surface area contributed by atoms with Crippen molar-refractivity contribution in [3.63, 3.8) is 0 Å². The summed E-state index contributed by atoms with van der Waals surface area (Å²) in [4.78, 5) is 10.2.